The summed E-state index contributed by atoms with van der Waals surface area (Å²) in [4.78, 5) is 29.8. The molecule has 0 saturated carbocycles. The molecule has 1 heterocycles. The number of carbonyl (C=O) groups is 2. The molecule has 22 heavy (non-hydrogen) atoms. The third kappa shape index (κ3) is 3.05. The number of hydroxylamine groups is 2. The van der Waals surface area contributed by atoms with E-state index in [1.807, 2.05) is 37.3 Å². The van der Waals surface area contributed by atoms with Gasteiger partial charge in [0.15, 0.2) is 6.29 Å². The lowest BCUT2D eigenvalue weighted by molar-refractivity contribution is -0.224. The first-order valence-electron chi connectivity index (χ1n) is 7.55. The number of aldehydes is 1. The maximum atomic E-state index is 12.5. The van der Waals surface area contributed by atoms with Crippen molar-refractivity contribution in [2.45, 2.75) is 50.8 Å². The van der Waals surface area contributed by atoms with Gasteiger partial charge in [0.05, 0.1) is 13.7 Å². The van der Waals surface area contributed by atoms with Crippen LogP contribution < -0.4 is 0 Å². The second-order valence-corrected chi connectivity index (χ2v) is 5.99. The number of hydrogen-bond acceptors (Lipinski definition) is 5. The largest absolute Gasteiger partial charge is 0.468 e. The van der Waals surface area contributed by atoms with E-state index in [9.17, 15) is 9.59 Å². The molecule has 0 bridgehead atoms. The van der Waals surface area contributed by atoms with Crippen LogP contribution in [0.15, 0.2) is 30.3 Å². The van der Waals surface area contributed by atoms with Crippen LogP contribution in [0.4, 0.5) is 0 Å². The molecule has 0 amide bonds. The van der Waals surface area contributed by atoms with E-state index in [1.54, 1.807) is 12.0 Å². The quantitative estimate of drug-likeness (QED) is 0.597. The summed E-state index contributed by atoms with van der Waals surface area (Å²) >= 11 is 0. The Bertz CT molecular complexity index is 533. The van der Waals surface area contributed by atoms with Crippen molar-refractivity contribution in [3.63, 3.8) is 0 Å². The lowest BCUT2D eigenvalue weighted by atomic mass is 9.83. The van der Waals surface area contributed by atoms with Gasteiger partial charge < -0.3 is 9.53 Å². The van der Waals surface area contributed by atoms with E-state index in [0.717, 1.165) is 18.3 Å². The van der Waals surface area contributed by atoms with Crippen molar-refractivity contribution in [1.82, 2.24) is 5.06 Å². The molecule has 1 saturated heterocycles. The fourth-order valence-electron chi connectivity index (χ4n) is 3.13. The number of rotatable bonds is 6. The summed E-state index contributed by atoms with van der Waals surface area (Å²) in [5, 5.41) is 1.63. The lowest BCUT2D eigenvalue weighted by Gasteiger charge is -2.33. The van der Waals surface area contributed by atoms with Crippen LogP contribution in [0.1, 0.15) is 38.7 Å². The van der Waals surface area contributed by atoms with Gasteiger partial charge in [-0.15, -0.1) is 0 Å². The smallest absolute Gasteiger partial charge is 0.328 e. The van der Waals surface area contributed by atoms with Gasteiger partial charge in [0.25, 0.3) is 0 Å². The third-order valence-corrected chi connectivity index (χ3v) is 4.09. The summed E-state index contributed by atoms with van der Waals surface area (Å²) in [6.07, 6.45) is 2.44. The maximum Gasteiger partial charge on any atom is 0.328 e. The predicted octanol–water partition coefficient (Wildman–Crippen LogP) is 2.49. The van der Waals surface area contributed by atoms with Crippen LogP contribution in [0, 0.1) is 0 Å². The minimum Gasteiger partial charge on any atom is -0.468 e. The van der Waals surface area contributed by atoms with Crippen molar-refractivity contribution in [2.75, 3.05) is 7.11 Å². The van der Waals surface area contributed by atoms with Gasteiger partial charge in [0.1, 0.15) is 11.1 Å². The zero-order valence-electron chi connectivity index (χ0n) is 13.4. The Kier molecular flexibility index (Phi) is 4.98. The zero-order chi connectivity index (χ0) is 16.2. The molecular formula is C17H23NO4. The predicted molar refractivity (Wildman–Crippen MR) is 81.8 cm³/mol. The first-order valence-corrected chi connectivity index (χ1v) is 7.55. The van der Waals surface area contributed by atoms with E-state index >= 15 is 0 Å². The number of nitrogens with zero attached hydrogens (tertiary/aromatic N) is 1. The van der Waals surface area contributed by atoms with E-state index in [-0.39, 0.29) is 5.97 Å². The van der Waals surface area contributed by atoms with E-state index in [1.165, 1.54) is 7.11 Å². The number of hydrogen-bond donors (Lipinski definition) is 0. The van der Waals surface area contributed by atoms with Crippen LogP contribution in [0.25, 0.3) is 0 Å². The van der Waals surface area contributed by atoms with Gasteiger partial charge in [-0.3, -0.25) is 4.84 Å². The molecule has 0 N–H and O–H groups in total. The van der Waals surface area contributed by atoms with Crippen LogP contribution >= 0.6 is 0 Å². The normalized spacial score (nSPS) is 28.5. The summed E-state index contributed by atoms with van der Waals surface area (Å²) in [5.41, 5.74) is -0.908. The molecule has 2 atom stereocenters. The summed E-state index contributed by atoms with van der Waals surface area (Å²) in [7, 11) is 1.37. The molecule has 0 aromatic heterocycles. The van der Waals surface area contributed by atoms with Crippen molar-refractivity contribution in [3.8, 4) is 0 Å². The molecule has 0 radical (unpaired) electrons. The van der Waals surface area contributed by atoms with E-state index in [0.29, 0.717) is 19.4 Å². The van der Waals surface area contributed by atoms with E-state index in [2.05, 4.69) is 0 Å². The Labute approximate surface area is 131 Å². The molecule has 120 valence electrons. The highest BCUT2D eigenvalue weighted by atomic mass is 16.7. The Morgan fingerprint density at radius 1 is 1.41 bits per heavy atom. The average molecular weight is 305 g/mol. The highest BCUT2D eigenvalue weighted by Crippen LogP contribution is 2.42. The van der Waals surface area contributed by atoms with Crippen LogP contribution in [0.3, 0.4) is 0 Å². The molecule has 1 fully saturated rings. The zero-order valence-corrected chi connectivity index (χ0v) is 13.4. The van der Waals surface area contributed by atoms with E-state index < -0.39 is 11.1 Å². The lowest BCUT2D eigenvalue weighted by Crippen LogP contribution is -2.50. The highest BCUT2D eigenvalue weighted by Gasteiger charge is 2.57. The monoisotopic (exact) mass is 305 g/mol. The molecule has 0 spiro atoms. The standard InChI is InChI=1S/C17H23NO4/c1-4-10-17(15(20)21-3)12-16(2,13-19)22-18(17)11-14-8-6-5-7-9-14/h5-9,13H,4,10-12H2,1-3H3/t16-,17-/m1/s1. The van der Waals surface area contributed by atoms with Gasteiger partial charge in [-0.05, 0) is 18.9 Å². The summed E-state index contributed by atoms with van der Waals surface area (Å²) in [6, 6.07) is 9.74. The fourth-order valence-corrected chi connectivity index (χ4v) is 3.13. The highest BCUT2D eigenvalue weighted by molar-refractivity contribution is 5.82. The van der Waals surface area contributed by atoms with Crippen molar-refractivity contribution >= 4 is 12.3 Å². The number of esters is 1. The number of benzene rings is 1. The maximum absolute atomic E-state index is 12.5. The first kappa shape index (κ1) is 16.6. The van der Waals surface area contributed by atoms with Gasteiger partial charge in [-0.1, -0.05) is 43.7 Å². The Hall–Kier alpha value is -1.72. The SMILES string of the molecule is CCC[C@]1(C(=O)OC)C[C@](C)(C=O)ON1Cc1ccccc1. The molecule has 5 heteroatoms. The van der Waals surface area contributed by atoms with Gasteiger partial charge in [0.2, 0.25) is 0 Å². The molecule has 1 aliphatic heterocycles. The summed E-state index contributed by atoms with van der Waals surface area (Å²) < 4.78 is 5.02. The minimum atomic E-state index is -1.00. The molecule has 1 aromatic rings. The van der Waals surface area contributed by atoms with Gasteiger partial charge >= 0.3 is 5.97 Å². The average Bonchev–Trinajstić information content (AvgIpc) is 2.82. The van der Waals surface area contributed by atoms with E-state index in [4.69, 9.17) is 9.57 Å². The van der Waals surface area contributed by atoms with Crippen LogP contribution in [-0.4, -0.2) is 35.6 Å². The molecule has 5 nitrogen and oxygen atoms in total. The Morgan fingerprint density at radius 2 is 2.09 bits per heavy atom. The van der Waals surface area contributed by atoms with Gasteiger partial charge in [0, 0.05) is 6.42 Å². The van der Waals surface area contributed by atoms with Crippen LogP contribution in [-0.2, 0) is 25.7 Å². The second-order valence-electron chi connectivity index (χ2n) is 5.99. The van der Waals surface area contributed by atoms with Crippen molar-refractivity contribution < 1.29 is 19.2 Å². The molecular weight excluding hydrogens is 282 g/mol. The minimum absolute atomic E-state index is 0.302. The molecule has 2 rings (SSSR count). The Morgan fingerprint density at radius 3 is 2.64 bits per heavy atom. The van der Waals surface area contributed by atoms with Crippen LogP contribution in [0.2, 0.25) is 0 Å². The van der Waals surface area contributed by atoms with Crippen molar-refractivity contribution in [1.29, 1.82) is 0 Å². The summed E-state index contributed by atoms with van der Waals surface area (Å²) in [6.45, 7) is 4.14. The fraction of sp³-hybridized carbons (Fsp3) is 0.529. The summed E-state index contributed by atoms with van der Waals surface area (Å²) in [5.74, 6) is -0.351. The number of methoxy groups -OCH3 is 1. The number of ether oxygens (including phenoxy) is 1. The first-order chi connectivity index (χ1) is 10.5. The Balaban J connectivity index is 2.37. The molecule has 0 aliphatic carbocycles. The third-order valence-electron chi connectivity index (χ3n) is 4.09. The van der Waals surface area contributed by atoms with Crippen molar-refractivity contribution in [3.05, 3.63) is 35.9 Å². The van der Waals surface area contributed by atoms with Crippen LogP contribution in [0.5, 0.6) is 0 Å². The second kappa shape index (κ2) is 6.58. The topological polar surface area (TPSA) is 55.8 Å². The molecule has 1 aliphatic rings. The van der Waals surface area contributed by atoms with Crippen molar-refractivity contribution in [2.24, 2.45) is 0 Å². The van der Waals surface area contributed by atoms with Gasteiger partial charge in [-0.2, -0.15) is 5.06 Å². The van der Waals surface area contributed by atoms with Gasteiger partial charge in [-0.25, -0.2) is 4.79 Å². The molecule has 1 aromatic carbocycles. The number of carbonyl (C=O) groups excluding carboxylic acids is 2. The molecule has 0 unspecified atom stereocenters.